The normalized spacial score (nSPS) is 49.7. The van der Waals surface area contributed by atoms with E-state index >= 15 is 0 Å². The topological polar surface area (TPSA) is 21.3 Å². The summed E-state index contributed by atoms with van der Waals surface area (Å²) in [5, 5.41) is 3.39. The summed E-state index contributed by atoms with van der Waals surface area (Å²) in [5.41, 5.74) is 0. The third kappa shape index (κ3) is 0.864. The highest BCUT2D eigenvalue weighted by atomic mass is 16.5. The van der Waals surface area contributed by atoms with Gasteiger partial charge >= 0.3 is 0 Å². The van der Waals surface area contributed by atoms with E-state index in [-0.39, 0.29) is 0 Å². The van der Waals surface area contributed by atoms with Crippen LogP contribution in [0.3, 0.4) is 0 Å². The molecule has 0 spiro atoms. The average molecular weight is 127 g/mol. The molecule has 2 heteroatoms. The molecule has 0 aromatic heterocycles. The number of rotatable bonds is 0. The van der Waals surface area contributed by atoms with Crippen LogP contribution in [0.1, 0.15) is 19.8 Å². The Kier molecular flexibility index (Phi) is 1.24. The maximum absolute atomic E-state index is 5.43. The maximum Gasteiger partial charge on any atom is 0.108 e. The quantitative estimate of drug-likeness (QED) is 0.518. The van der Waals surface area contributed by atoms with Gasteiger partial charge in [-0.3, -0.25) is 5.32 Å². The number of nitrogens with one attached hydrogen (secondary N) is 1. The summed E-state index contributed by atoms with van der Waals surface area (Å²) in [6, 6.07) is 0.692. The summed E-state index contributed by atoms with van der Waals surface area (Å²) in [7, 11) is 0. The van der Waals surface area contributed by atoms with Gasteiger partial charge in [0.2, 0.25) is 0 Å². The molecular formula is C7H13NO. The highest BCUT2D eigenvalue weighted by Crippen LogP contribution is 2.28. The smallest absolute Gasteiger partial charge is 0.108 e. The van der Waals surface area contributed by atoms with Crippen LogP contribution in [0.25, 0.3) is 0 Å². The predicted molar refractivity (Wildman–Crippen MR) is 35.1 cm³/mol. The van der Waals surface area contributed by atoms with Crippen LogP contribution in [-0.2, 0) is 4.74 Å². The van der Waals surface area contributed by atoms with E-state index < -0.39 is 0 Å². The van der Waals surface area contributed by atoms with Crippen LogP contribution in [0, 0.1) is 5.92 Å². The molecular weight excluding hydrogens is 114 g/mol. The van der Waals surface area contributed by atoms with Crippen LogP contribution in [-0.4, -0.2) is 18.9 Å². The Morgan fingerprint density at radius 2 is 2.44 bits per heavy atom. The maximum atomic E-state index is 5.43. The first-order valence-electron chi connectivity index (χ1n) is 3.74. The van der Waals surface area contributed by atoms with E-state index in [4.69, 9.17) is 4.74 Å². The molecule has 2 heterocycles. The van der Waals surface area contributed by atoms with E-state index in [1.54, 1.807) is 0 Å². The molecule has 0 radical (unpaired) electrons. The van der Waals surface area contributed by atoms with Gasteiger partial charge in [0.1, 0.15) is 6.23 Å². The lowest BCUT2D eigenvalue weighted by Crippen LogP contribution is -2.28. The lowest BCUT2D eigenvalue weighted by molar-refractivity contribution is 0.0147. The summed E-state index contributed by atoms with van der Waals surface area (Å²) in [6.45, 7) is 3.21. The van der Waals surface area contributed by atoms with Crippen molar-refractivity contribution in [2.75, 3.05) is 6.61 Å². The molecule has 9 heavy (non-hydrogen) atoms. The van der Waals surface area contributed by atoms with E-state index in [0.717, 1.165) is 12.5 Å². The van der Waals surface area contributed by atoms with Crippen molar-refractivity contribution in [1.82, 2.24) is 5.32 Å². The van der Waals surface area contributed by atoms with Crippen molar-refractivity contribution in [2.24, 2.45) is 5.92 Å². The monoisotopic (exact) mass is 127 g/mol. The Morgan fingerprint density at radius 3 is 3.11 bits per heavy atom. The number of fused-ring (bicyclic) bond motifs is 2. The zero-order valence-corrected chi connectivity index (χ0v) is 5.76. The first kappa shape index (κ1) is 5.69. The third-order valence-electron chi connectivity index (χ3n) is 2.48. The zero-order valence-electron chi connectivity index (χ0n) is 5.76. The number of hydrogen-bond donors (Lipinski definition) is 1. The van der Waals surface area contributed by atoms with Crippen molar-refractivity contribution in [2.45, 2.75) is 32.0 Å². The Bertz CT molecular complexity index is 113. The van der Waals surface area contributed by atoms with Gasteiger partial charge in [-0.25, -0.2) is 0 Å². The second kappa shape index (κ2) is 1.96. The molecule has 2 bridgehead atoms. The minimum Gasteiger partial charge on any atom is -0.363 e. The largest absolute Gasteiger partial charge is 0.363 e. The van der Waals surface area contributed by atoms with Crippen LogP contribution in [0.4, 0.5) is 0 Å². The van der Waals surface area contributed by atoms with Crippen molar-refractivity contribution in [3.63, 3.8) is 0 Å². The molecule has 2 saturated heterocycles. The van der Waals surface area contributed by atoms with Crippen LogP contribution in [0.5, 0.6) is 0 Å². The van der Waals surface area contributed by atoms with E-state index in [9.17, 15) is 0 Å². The van der Waals surface area contributed by atoms with Gasteiger partial charge < -0.3 is 4.74 Å². The van der Waals surface area contributed by atoms with Gasteiger partial charge in [-0.2, -0.15) is 0 Å². The molecule has 3 atom stereocenters. The summed E-state index contributed by atoms with van der Waals surface area (Å²) in [4.78, 5) is 0. The fourth-order valence-electron chi connectivity index (χ4n) is 1.82. The molecule has 3 unspecified atom stereocenters. The minimum atomic E-state index is 0.388. The summed E-state index contributed by atoms with van der Waals surface area (Å²) < 4.78 is 5.43. The molecule has 0 aromatic carbocycles. The van der Waals surface area contributed by atoms with E-state index in [1.807, 2.05) is 0 Å². The van der Waals surface area contributed by atoms with Crippen LogP contribution in [0.15, 0.2) is 0 Å². The molecule has 0 aromatic rings. The molecule has 2 rings (SSSR count). The number of ether oxygens (including phenoxy) is 1. The van der Waals surface area contributed by atoms with Crippen molar-refractivity contribution >= 4 is 0 Å². The second-order valence-corrected chi connectivity index (χ2v) is 3.10. The highest BCUT2D eigenvalue weighted by Gasteiger charge is 2.34. The Balaban J connectivity index is 2.07. The van der Waals surface area contributed by atoms with Crippen molar-refractivity contribution in [3.05, 3.63) is 0 Å². The lowest BCUT2D eigenvalue weighted by Gasteiger charge is -2.17. The van der Waals surface area contributed by atoms with Gasteiger partial charge in [0, 0.05) is 12.6 Å². The van der Waals surface area contributed by atoms with E-state index in [2.05, 4.69) is 12.2 Å². The standard InChI is InChI=1S/C7H13NO/c1-5-6-2-3-9-7(4-6)8-5/h5-8H,2-4H2,1H3. The molecule has 2 aliphatic rings. The molecule has 1 N–H and O–H groups in total. The van der Waals surface area contributed by atoms with Crippen LogP contribution < -0.4 is 5.32 Å². The van der Waals surface area contributed by atoms with Gasteiger partial charge in [0.25, 0.3) is 0 Å². The molecule has 0 saturated carbocycles. The van der Waals surface area contributed by atoms with E-state index in [1.165, 1.54) is 12.8 Å². The van der Waals surface area contributed by atoms with E-state index in [0.29, 0.717) is 12.3 Å². The summed E-state index contributed by atoms with van der Waals surface area (Å²) in [6.07, 6.45) is 2.88. The fraction of sp³-hybridized carbons (Fsp3) is 1.00. The van der Waals surface area contributed by atoms with Crippen molar-refractivity contribution in [3.8, 4) is 0 Å². The fourth-order valence-corrected chi connectivity index (χ4v) is 1.82. The van der Waals surface area contributed by atoms with Crippen LogP contribution in [0.2, 0.25) is 0 Å². The van der Waals surface area contributed by atoms with Gasteiger partial charge in [-0.15, -0.1) is 0 Å². The first-order chi connectivity index (χ1) is 4.36. The van der Waals surface area contributed by atoms with Crippen LogP contribution >= 0.6 is 0 Å². The van der Waals surface area contributed by atoms with Crippen molar-refractivity contribution in [1.29, 1.82) is 0 Å². The molecule has 2 aliphatic heterocycles. The Morgan fingerprint density at radius 1 is 1.56 bits per heavy atom. The lowest BCUT2D eigenvalue weighted by atomic mass is 9.97. The summed E-state index contributed by atoms with van der Waals surface area (Å²) in [5.74, 6) is 0.892. The minimum absolute atomic E-state index is 0.388. The molecule has 0 amide bonds. The SMILES string of the molecule is CC1NC2CC1CCO2. The van der Waals surface area contributed by atoms with Crippen molar-refractivity contribution < 1.29 is 4.74 Å². The molecule has 2 fully saturated rings. The first-order valence-corrected chi connectivity index (χ1v) is 3.74. The Hall–Kier alpha value is -0.0800. The van der Waals surface area contributed by atoms with Gasteiger partial charge in [-0.05, 0) is 25.7 Å². The van der Waals surface area contributed by atoms with Gasteiger partial charge in [-0.1, -0.05) is 0 Å². The molecule has 52 valence electrons. The number of hydrogen-bond acceptors (Lipinski definition) is 2. The van der Waals surface area contributed by atoms with Gasteiger partial charge in [0.05, 0.1) is 0 Å². The summed E-state index contributed by atoms with van der Waals surface area (Å²) >= 11 is 0. The zero-order chi connectivity index (χ0) is 6.27. The average Bonchev–Trinajstić information content (AvgIpc) is 2.09. The van der Waals surface area contributed by atoms with Gasteiger partial charge in [0.15, 0.2) is 0 Å². The highest BCUT2D eigenvalue weighted by molar-refractivity contribution is 4.86. The molecule has 2 nitrogen and oxygen atoms in total. The Labute approximate surface area is 55.6 Å². The predicted octanol–water partition coefficient (Wildman–Crippen LogP) is 0.731. The molecule has 0 aliphatic carbocycles. The second-order valence-electron chi connectivity index (χ2n) is 3.10. The third-order valence-corrected chi connectivity index (χ3v) is 2.48.